The van der Waals surface area contributed by atoms with Gasteiger partial charge in [0.2, 0.25) is 0 Å². The average Bonchev–Trinajstić information content (AvgIpc) is 3.11. The van der Waals surface area contributed by atoms with E-state index < -0.39 is 0 Å². The lowest BCUT2D eigenvalue weighted by atomic mass is 10.0. The molecule has 7 nitrogen and oxygen atoms in total. The summed E-state index contributed by atoms with van der Waals surface area (Å²) in [5, 5.41) is 8.80. The van der Waals surface area contributed by atoms with Gasteiger partial charge < -0.3 is 9.64 Å². The number of fused-ring (bicyclic) bond motifs is 1. The Morgan fingerprint density at radius 1 is 1.21 bits per heavy atom. The fourth-order valence-electron chi connectivity index (χ4n) is 3.74. The van der Waals surface area contributed by atoms with E-state index in [4.69, 9.17) is 4.74 Å². The molecular formula is C21H25N5O2. The van der Waals surface area contributed by atoms with Gasteiger partial charge in [-0.2, -0.15) is 0 Å². The molecule has 0 atom stereocenters. The molecule has 0 N–H and O–H groups in total. The van der Waals surface area contributed by atoms with Crippen LogP contribution in [0.5, 0.6) is 0 Å². The van der Waals surface area contributed by atoms with E-state index in [-0.39, 0.29) is 18.2 Å². The van der Waals surface area contributed by atoms with E-state index in [1.807, 2.05) is 31.5 Å². The maximum Gasteiger partial charge on any atom is 0.410 e. The zero-order chi connectivity index (χ0) is 19.7. The lowest BCUT2D eigenvalue weighted by Crippen LogP contribution is -2.40. The molecule has 1 aliphatic rings. The summed E-state index contributed by atoms with van der Waals surface area (Å²) in [6, 6.07) is 10.5. The topological polar surface area (TPSA) is 73.1 Å². The third kappa shape index (κ3) is 3.56. The highest BCUT2D eigenvalue weighted by Crippen LogP contribution is 2.29. The van der Waals surface area contributed by atoms with Crippen LogP contribution in [0, 0.1) is 6.92 Å². The molecule has 0 bridgehead atoms. The molecule has 1 aliphatic heterocycles. The summed E-state index contributed by atoms with van der Waals surface area (Å²) in [7, 11) is 0. The van der Waals surface area contributed by atoms with Gasteiger partial charge in [-0.25, -0.2) is 9.48 Å². The Kier molecular flexibility index (Phi) is 4.98. The Balaban J connectivity index is 1.52. The van der Waals surface area contributed by atoms with E-state index in [9.17, 15) is 4.79 Å². The van der Waals surface area contributed by atoms with E-state index in [0.717, 1.165) is 40.7 Å². The van der Waals surface area contributed by atoms with Crippen LogP contribution in [0.25, 0.3) is 22.2 Å². The number of carbonyl (C=O) groups excluding carboxylic acids is 1. The smallest absolute Gasteiger partial charge is 0.410 e. The quantitative estimate of drug-likeness (QED) is 0.688. The van der Waals surface area contributed by atoms with Crippen LogP contribution in [0.15, 0.2) is 36.5 Å². The van der Waals surface area contributed by atoms with Crippen LogP contribution >= 0.6 is 0 Å². The number of aromatic nitrogens is 4. The van der Waals surface area contributed by atoms with Gasteiger partial charge >= 0.3 is 6.09 Å². The van der Waals surface area contributed by atoms with Crippen molar-refractivity contribution in [1.29, 1.82) is 0 Å². The van der Waals surface area contributed by atoms with Gasteiger partial charge in [-0.05, 0) is 57.4 Å². The van der Waals surface area contributed by atoms with Crippen LogP contribution in [0.2, 0.25) is 0 Å². The molecule has 0 aliphatic carbocycles. The first-order chi connectivity index (χ1) is 13.5. The fraction of sp³-hybridized carbons (Fsp3) is 0.429. The van der Waals surface area contributed by atoms with E-state index in [1.165, 1.54) is 0 Å². The van der Waals surface area contributed by atoms with E-state index in [1.54, 1.807) is 11.1 Å². The van der Waals surface area contributed by atoms with Crippen molar-refractivity contribution in [1.82, 2.24) is 24.9 Å². The van der Waals surface area contributed by atoms with Gasteiger partial charge in [-0.1, -0.05) is 17.3 Å². The van der Waals surface area contributed by atoms with Gasteiger partial charge in [0.15, 0.2) is 0 Å². The van der Waals surface area contributed by atoms with E-state index >= 15 is 0 Å². The molecule has 1 amide bonds. The highest BCUT2D eigenvalue weighted by Gasteiger charge is 2.26. The molecule has 146 valence electrons. The third-order valence-electron chi connectivity index (χ3n) is 5.19. The molecule has 3 heterocycles. The number of hydrogen-bond acceptors (Lipinski definition) is 5. The Hall–Kier alpha value is -2.96. The molecular weight excluding hydrogens is 354 g/mol. The zero-order valence-electron chi connectivity index (χ0n) is 16.5. The number of carbonyl (C=O) groups is 1. The van der Waals surface area contributed by atoms with Crippen molar-refractivity contribution in [2.75, 3.05) is 13.1 Å². The third-order valence-corrected chi connectivity index (χ3v) is 5.19. The number of pyridine rings is 1. The number of likely N-dealkylation sites (tertiary alicyclic amines) is 1. The van der Waals surface area contributed by atoms with Gasteiger partial charge in [-0.15, -0.1) is 5.10 Å². The van der Waals surface area contributed by atoms with Gasteiger partial charge in [0, 0.05) is 30.5 Å². The Morgan fingerprint density at radius 3 is 2.71 bits per heavy atom. The largest absolute Gasteiger partial charge is 0.447 e. The van der Waals surface area contributed by atoms with Gasteiger partial charge in [0.25, 0.3) is 0 Å². The Bertz CT molecular complexity index is 989. The number of nitrogens with zero attached hydrogens (tertiary/aromatic N) is 5. The fourth-order valence-corrected chi connectivity index (χ4v) is 3.74. The molecule has 4 rings (SSSR count). The lowest BCUT2D eigenvalue weighted by Gasteiger charge is -2.31. The molecule has 1 aromatic carbocycles. The Morgan fingerprint density at radius 2 is 2.00 bits per heavy atom. The number of amides is 1. The molecule has 1 saturated heterocycles. The molecule has 0 saturated carbocycles. The number of hydrogen-bond donors (Lipinski definition) is 0. The molecule has 1 fully saturated rings. The molecule has 0 radical (unpaired) electrons. The normalized spacial score (nSPS) is 15.4. The molecule has 2 aromatic heterocycles. The van der Waals surface area contributed by atoms with Gasteiger partial charge in [-0.3, -0.25) is 4.98 Å². The summed E-state index contributed by atoms with van der Waals surface area (Å²) in [6.45, 7) is 7.09. The average molecular weight is 379 g/mol. The Labute approximate surface area is 164 Å². The maximum absolute atomic E-state index is 12.1. The minimum atomic E-state index is -0.228. The summed E-state index contributed by atoms with van der Waals surface area (Å²) in [5.41, 5.74) is 5.10. The standard InChI is InChI=1S/C21H25N5O2/c1-14(2)28-21(27)25-11-8-17(9-12-25)26-20-7-6-16(13-19(20)23-24-26)18-5-4-10-22-15(18)3/h4-7,10,13-14,17H,8-9,11-12H2,1-3H3. The summed E-state index contributed by atoms with van der Waals surface area (Å²) < 4.78 is 7.30. The number of rotatable bonds is 3. The van der Waals surface area contributed by atoms with Crippen LogP contribution in [0.4, 0.5) is 4.79 Å². The van der Waals surface area contributed by atoms with E-state index in [2.05, 4.69) is 39.6 Å². The van der Waals surface area contributed by atoms with Crippen molar-refractivity contribution in [2.45, 2.75) is 45.8 Å². The number of piperidine rings is 1. The van der Waals surface area contributed by atoms with Crippen LogP contribution < -0.4 is 0 Å². The lowest BCUT2D eigenvalue weighted by molar-refractivity contribution is 0.0655. The molecule has 28 heavy (non-hydrogen) atoms. The number of ether oxygens (including phenoxy) is 1. The predicted octanol–water partition coefficient (Wildman–Crippen LogP) is 3.98. The van der Waals surface area contributed by atoms with Crippen LogP contribution in [0.1, 0.15) is 38.4 Å². The van der Waals surface area contributed by atoms with Crippen LogP contribution in [-0.4, -0.2) is 50.2 Å². The first-order valence-corrected chi connectivity index (χ1v) is 9.75. The number of aryl methyl sites for hydroxylation is 1. The molecule has 0 spiro atoms. The van der Waals surface area contributed by atoms with Crippen LogP contribution in [-0.2, 0) is 4.74 Å². The first-order valence-electron chi connectivity index (χ1n) is 9.75. The summed E-state index contributed by atoms with van der Waals surface area (Å²) in [4.78, 5) is 18.2. The summed E-state index contributed by atoms with van der Waals surface area (Å²) >= 11 is 0. The monoisotopic (exact) mass is 379 g/mol. The van der Waals surface area contributed by atoms with Crippen molar-refractivity contribution in [3.63, 3.8) is 0 Å². The van der Waals surface area contributed by atoms with Gasteiger partial charge in [0.05, 0.1) is 17.7 Å². The van der Waals surface area contributed by atoms with E-state index in [0.29, 0.717) is 13.1 Å². The minimum Gasteiger partial charge on any atom is -0.447 e. The highest BCUT2D eigenvalue weighted by molar-refractivity contribution is 5.82. The maximum atomic E-state index is 12.1. The van der Waals surface area contributed by atoms with Crippen molar-refractivity contribution in [3.8, 4) is 11.1 Å². The van der Waals surface area contributed by atoms with Crippen molar-refractivity contribution >= 4 is 17.1 Å². The minimum absolute atomic E-state index is 0.0953. The molecule has 7 heteroatoms. The predicted molar refractivity (Wildman–Crippen MR) is 107 cm³/mol. The second-order valence-electron chi connectivity index (χ2n) is 7.52. The SMILES string of the molecule is Cc1ncccc1-c1ccc2c(c1)nnn2C1CCN(C(=O)OC(C)C)CC1. The van der Waals surface area contributed by atoms with Gasteiger partial charge in [0.1, 0.15) is 5.52 Å². The molecule has 3 aromatic rings. The summed E-state index contributed by atoms with van der Waals surface area (Å²) in [5.74, 6) is 0. The second kappa shape index (κ2) is 7.58. The number of benzene rings is 1. The van der Waals surface area contributed by atoms with Crippen molar-refractivity contribution in [3.05, 3.63) is 42.2 Å². The van der Waals surface area contributed by atoms with Crippen LogP contribution in [0.3, 0.4) is 0 Å². The van der Waals surface area contributed by atoms with Crippen molar-refractivity contribution < 1.29 is 9.53 Å². The summed E-state index contributed by atoms with van der Waals surface area (Å²) in [6.07, 6.45) is 3.16. The second-order valence-corrected chi connectivity index (χ2v) is 7.52. The highest BCUT2D eigenvalue weighted by atomic mass is 16.6. The van der Waals surface area contributed by atoms with Crippen molar-refractivity contribution in [2.24, 2.45) is 0 Å². The first kappa shape index (κ1) is 18.4. The zero-order valence-corrected chi connectivity index (χ0v) is 16.5. The molecule has 0 unspecified atom stereocenters.